The van der Waals surface area contributed by atoms with Gasteiger partial charge < -0.3 is 10.0 Å². The predicted octanol–water partition coefficient (Wildman–Crippen LogP) is 1.59. The zero-order chi connectivity index (χ0) is 11.6. The van der Waals surface area contributed by atoms with Crippen molar-refractivity contribution in [2.24, 2.45) is 11.8 Å². The summed E-state index contributed by atoms with van der Waals surface area (Å²) in [6, 6.07) is 0. The average Bonchev–Trinajstić information content (AvgIpc) is 2.48. The molecule has 0 spiro atoms. The lowest BCUT2D eigenvalue weighted by Crippen LogP contribution is -2.33. The maximum Gasteiger partial charge on any atom is 0.393 e. The first kappa shape index (κ1) is 12.3. The van der Waals surface area contributed by atoms with Crippen molar-refractivity contribution in [3.63, 3.8) is 0 Å². The quantitative estimate of drug-likeness (QED) is 0.793. The predicted molar refractivity (Wildman–Crippen MR) is 47.4 cm³/mol. The SMILES string of the molecule is CCCN1C[C@@H](C(F)(F)F)[C@H](C(=O)O)C1. The van der Waals surface area contributed by atoms with Crippen LogP contribution in [0.2, 0.25) is 0 Å². The number of carboxylic acids is 1. The largest absolute Gasteiger partial charge is 0.481 e. The van der Waals surface area contributed by atoms with Crippen molar-refractivity contribution in [3.8, 4) is 0 Å². The maximum absolute atomic E-state index is 12.5. The van der Waals surface area contributed by atoms with Crippen molar-refractivity contribution in [1.29, 1.82) is 0 Å². The molecular weight excluding hydrogens is 211 g/mol. The topological polar surface area (TPSA) is 40.5 Å². The first-order chi connectivity index (χ1) is 6.86. The Morgan fingerprint density at radius 3 is 2.40 bits per heavy atom. The van der Waals surface area contributed by atoms with Crippen LogP contribution in [0.1, 0.15) is 13.3 Å². The lowest BCUT2D eigenvalue weighted by molar-refractivity contribution is -0.188. The van der Waals surface area contributed by atoms with Crippen molar-refractivity contribution in [1.82, 2.24) is 4.90 Å². The van der Waals surface area contributed by atoms with Crippen LogP contribution in [0, 0.1) is 11.8 Å². The Kier molecular flexibility index (Phi) is 3.59. The number of aliphatic carboxylic acids is 1. The second-order valence-corrected chi connectivity index (χ2v) is 3.85. The summed E-state index contributed by atoms with van der Waals surface area (Å²) in [4.78, 5) is 12.2. The van der Waals surface area contributed by atoms with Crippen molar-refractivity contribution >= 4 is 5.97 Å². The first-order valence-corrected chi connectivity index (χ1v) is 4.88. The van der Waals surface area contributed by atoms with E-state index in [-0.39, 0.29) is 13.1 Å². The lowest BCUT2D eigenvalue weighted by Gasteiger charge is -2.18. The molecule has 0 saturated carbocycles. The molecule has 1 heterocycles. The van der Waals surface area contributed by atoms with Crippen molar-refractivity contribution in [2.45, 2.75) is 19.5 Å². The molecule has 1 rings (SSSR count). The van der Waals surface area contributed by atoms with E-state index >= 15 is 0 Å². The minimum atomic E-state index is -4.41. The molecule has 0 aromatic rings. The zero-order valence-corrected chi connectivity index (χ0v) is 8.42. The number of hydrogen-bond acceptors (Lipinski definition) is 2. The summed E-state index contributed by atoms with van der Waals surface area (Å²) < 4.78 is 37.5. The van der Waals surface area contributed by atoms with Gasteiger partial charge in [0.05, 0.1) is 11.8 Å². The van der Waals surface area contributed by atoms with Gasteiger partial charge in [0.2, 0.25) is 0 Å². The smallest absolute Gasteiger partial charge is 0.393 e. The Hall–Kier alpha value is -0.780. The second-order valence-electron chi connectivity index (χ2n) is 3.85. The van der Waals surface area contributed by atoms with E-state index in [2.05, 4.69) is 0 Å². The van der Waals surface area contributed by atoms with Crippen LogP contribution in [0.15, 0.2) is 0 Å². The molecule has 88 valence electrons. The maximum atomic E-state index is 12.5. The molecule has 1 aliphatic rings. The molecule has 6 heteroatoms. The van der Waals surface area contributed by atoms with Crippen LogP contribution in [0.25, 0.3) is 0 Å². The molecule has 2 atom stereocenters. The van der Waals surface area contributed by atoms with E-state index in [4.69, 9.17) is 5.11 Å². The van der Waals surface area contributed by atoms with Gasteiger partial charge in [0.25, 0.3) is 0 Å². The summed E-state index contributed by atoms with van der Waals surface area (Å²) in [5.41, 5.74) is 0. The highest BCUT2D eigenvalue weighted by Gasteiger charge is 2.52. The minimum Gasteiger partial charge on any atom is -0.481 e. The fourth-order valence-electron chi connectivity index (χ4n) is 1.97. The van der Waals surface area contributed by atoms with Crippen LogP contribution >= 0.6 is 0 Å². The molecule has 0 aromatic heterocycles. The monoisotopic (exact) mass is 225 g/mol. The third-order valence-corrected chi connectivity index (χ3v) is 2.67. The number of hydrogen-bond donors (Lipinski definition) is 1. The molecule has 15 heavy (non-hydrogen) atoms. The molecule has 0 unspecified atom stereocenters. The summed E-state index contributed by atoms with van der Waals surface area (Å²) >= 11 is 0. The standard InChI is InChI=1S/C9H14F3NO2/c1-2-3-13-4-6(8(14)15)7(5-13)9(10,11)12/h6-7H,2-5H2,1H3,(H,14,15)/t6-,7-/m1/s1. The number of likely N-dealkylation sites (tertiary alicyclic amines) is 1. The number of alkyl halides is 3. The van der Waals surface area contributed by atoms with Gasteiger partial charge in [-0.05, 0) is 13.0 Å². The number of rotatable bonds is 3. The van der Waals surface area contributed by atoms with Gasteiger partial charge in [-0.15, -0.1) is 0 Å². The van der Waals surface area contributed by atoms with E-state index in [1.807, 2.05) is 6.92 Å². The summed E-state index contributed by atoms with van der Waals surface area (Å²) in [5.74, 6) is -4.38. The van der Waals surface area contributed by atoms with Gasteiger partial charge in [0, 0.05) is 13.1 Å². The Morgan fingerprint density at radius 2 is 2.07 bits per heavy atom. The average molecular weight is 225 g/mol. The Balaban J connectivity index is 2.72. The van der Waals surface area contributed by atoms with E-state index in [1.54, 1.807) is 4.90 Å². The zero-order valence-electron chi connectivity index (χ0n) is 8.42. The number of nitrogens with zero attached hydrogens (tertiary/aromatic N) is 1. The highest BCUT2D eigenvalue weighted by molar-refractivity contribution is 5.71. The Bertz CT molecular complexity index is 242. The molecule has 0 radical (unpaired) electrons. The van der Waals surface area contributed by atoms with E-state index < -0.39 is 24.0 Å². The molecule has 1 N–H and O–H groups in total. The lowest BCUT2D eigenvalue weighted by atomic mass is 9.96. The van der Waals surface area contributed by atoms with Crippen LogP contribution in [-0.2, 0) is 4.79 Å². The molecular formula is C9H14F3NO2. The van der Waals surface area contributed by atoms with Gasteiger partial charge in [-0.25, -0.2) is 0 Å². The molecule has 0 aliphatic carbocycles. The molecule has 0 bridgehead atoms. The van der Waals surface area contributed by atoms with Gasteiger partial charge in [-0.2, -0.15) is 13.2 Å². The Labute approximate surface area is 85.9 Å². The summed E-state index contributed by atoms with van der Waals surface area (Å²) in [6.45, 7) is 2.20. The first-order valence-electron chi connectivity index (χ1n) is 4.88. The van der Waals surface area contributed by atoms with Crippen molar-refractivity contribution in [3.05, 3.63) is 0 Å². The second kappa shape index (κ2) is 4.38. The fraction of sp³-hybridized carbons (Fsp3) is 0.889. The van der Waals surface area contributed by atoms with Crippen LogP contribution in [0.3, 0.4) is 0 Å². The van der Waals surface area contributed by atoms with Crippen LogP contribution < -0.4 is 0 Å². The van der Waals surface area contributed by atoms with Gasteiger partial charge in [0.15, 0.2) is 0 Å². The summed E-state index contributed by atoms with van der Waals surface area (Å²) in [5, 5.41) is 8.71. The molecule has 1 fully saturated rings. The Morgan fingerprint density at radius 1 is 1.47 bits per heavy atom. The number of halogens is 3. The molecule has 0 amide bonds. The number of carboxylic acid groups (broad SMARTS) is 1. The van der Waals surface area contributed by atoms with E-state index in [0.29, 0.717) is 6.54 Å². The van der Waals surface area contributed by atoms with Gasteiger partial charge in [-0.1, -0.05) is 6.92 Å². The highest BCUT2D eigenvalue weighted by atomic mass is 19.4. The van der Waals surface area contributed by atoms with E-state index in [1.165, 1.54) is 0 Å². The van der Waals surface area contributed by atoms with Crippen LogP contribution in [0.4, 0.5) is 13.2 Å². The summed E-state index contributed by atoms with van der Waals surface area (Å²) in [6.07, 6.45) is -3.68. The highest BCUT2D eigenvalue weighted by Crippen LogP contribution is 2.37. The third-order valence-electron chi connectivity index (χ3n) is 2.67. The van der Waals surface area contributed by atoms with Crippen LogP contribution in [-0.4, -0.2) is 41.8 Å². The van der Waals surface area contributed by atoms with Gasteiger partial charge in [0.1, 0.15) is 0 Å². The van der Waals surface area contributed by atoms with Gasteiger partial charge in [-0.3, -0.25) is 4.79 Å². The van der Waals surface area contributed by atoms with Crippen molar-refractivity contribution in [2.75, 3.05) is 19.6 Å². The molecule has 3 nitrogen and oxygen atoms in total. The minimum absolute atomic E-state index is 0.00729. The molecule has 1 aliphatic heterocycles. The number of carbonyl (C=O) groups is 1. The molecule has 1 saturated heterocycles. The van der Waals surface area contributed by atoms with Gasteiger partial charge >= 0.3 is 12.1 Å². The third kappa shape index (κ3) is 2.84. The summed E-state index contributed by atoms with van der Waals surface area (Å²) in [7, 11) is 0. The van der Waals surface area contributed by atoms with E-state index in [0.717, 1.165) is 6.42 Å². The fourth-order valence-corrected chi connectivity index (χ4v) is 1.97. The normalized spacial score (nSPS) is 28.3. The van der Waals surface area contributed by atoms with Crippen LogP contribution in [0.5, 0.6) is 0 Å². The molecule has 0 aromatic carbocycles. The van der Waals surface area contributed by atoms with E-state index in [9.17, 15) is 18.0 Å². The van der Waals surface area contributed by atoms with Crippen molar-refractivity contribution < 1.29 is 23.1 Å².